The highest BCUT2D eigenvalue weighted by molar-refractivity contribution is 5.14. The highest BCUT2D eigenvalue weighted by Gasteiger charge is 2.30. The summed E-state index contributed by atoms with van der Waals surface area (Å²) in [6.07, 6.45) is 9.47. The molecule has 2 nitrogen and oxygen atoms in total. The Morgan fingerprint density at radius 3 is 2.69 bits per heavy atom. The van der Waals surface area contributed by atoms with Crippen molar-refractivity contribution in [3.8, 4) is 0 Å². The Hall–Kier alpha value is -0.890. The Bertz CT molecular complexity index is 312. The molecule has 0 radical (unpaired) electrons. The second-order valence-electron chi connectivity index (χ2n) is 4.84. The molecule has 0 aromatic carbocycles. The molecule has 0 saturated heterocycles. The lowest BCUT2D eigenvalue weighted by molar-refractivity contribution is 0.0451. The van der Waals surface area contributed by atoms with Crippen molar-refractivity contribution >= 4 is 0 Å². The van der Waals surface area contributed by atoms with Gasteiger partial charge in [-0.15, -0.1) is 0 Å². The number of hydrogen-bond donors (Lipinski definition) is 1. The van der Waals surface area contributed by atoms with Crippen LogP contribution < -0.4 is 0 Å². The third-order valence-corrected chi connectivity index (χ3v) is 3.95. The molecule has 0 bridgehead atoms. The molecule has 16 heavy (non-hydrogen) atoms. The molecule has 0 aliphatic heterocycles. The zero-order valence-corrected chi connectivity index (χ0v) is 9.97. The zero-order valence-electron chi connectivity index (χ0n) is 9.97. The van der Waals surface area contributed by atoms with Gasteiger partial charge in [-0.2, -0.15) is 0 Å². The van der Waals surface area contributed by atoms with Crippen LogP contribution in [0, 0.1) is 11.8 Å². The molecular formula is C14H21NO. The van der Waals surface area contributed by atoms with E-state index in [0.29, 0.717) is 11.8 Å². The van der Waals surface area contributed by atoms with E-state index in [-0.39, 0.29) is 6.10 Å². The van der Waals surface area contributed by atoms with Crippen molar-refractivity contribution in [1.82, 2.24) is 4.98 Å². The maximum absolute atomic E-state index is 10.4. The minimum atomic E-state index is -0.298. The lowest BCUT2D eigenvalue weighted by Crippen LogP contribution is -2.25. The summed E-state index contributed by atoms with van der Waals surface area (Å²) >= 11 is 0. The van der Waals surface area contributed by atoms with Crippen LogP contribution in [-0.4, -0.2) is 10.1 Å². The predicted octanol–water partition coefficient (Wildman–Crippen LogP) is 3.33. The smallest absolute Gasteiger partial charge is 0.0821 e. The first-order valence-corrected chi connectivity index (χ1v) is 6.41. The van der Waals surface area contributed by atoms with Gasteiger partial charge in [-0.05, 0) is 36.0 Å². The first-order chi connectivity index (χ1) is 7.83. The minimum absolute atomic E-state index is 0.298. The molecule has 1 heterocycles. The number of aliphatic hydroxyl groups is 1. The van der Waals surface area contributed by atoms with E-state index in [9.17, 15) is 5.11 Å². The molecule has 1 fully saturated rings. The Kier molecular flexibility index (Phi) is 3.94. The molecule has 1 N–H and O–H groups in total. The van der Waals surface area contributed by atoms with Gasteiger partial charge in [0.15, 0.2) is 0 Å². The summed E-state index contributed by atoms with van der Waals surface area (Å²) in [6, 6.07) is 3.87. The van der Waals surface area contributed by atoms with Crippen molar-refractivity contribution < 1.29 is 5.11 Å². The number of aliphatic hydroxyl groups excluding tert-OH is 1. The summed E-state index contributed by atoms with van der Waals surface area (Å²) < 4.78 is 0. The number of hydrogen-bond acceptors (Lipinski definition) is 2. The average Bonchev–Trinajstić information content (AvgIpc) is 2.39. The molecule has 1 aromatic heterocycles. The molecule has 3 unspecified atom stereocenters. The van der Waals surface area contributed by atoms with Gasteiger partial charge in [0.2, 0.25) is 0 Å². The Morgan fingerprint density at radius 2 is 2.00 bits per heavy atom. The van der Waals surface area contributed by atoms with Crippen molar-refractivity contribution in [2.75, 3.05) is 0 Å². The fourth-order valence-corrected chi connectivity index (χ4v) is 2.97. The van der Waals surface area contributed by atoms with Crippen LogP contribution in [0.2, 0.25) is 0 Å². The van der Waals surface area contributed by atoms with E-state index in [1.54, 1.807) is 12.4 Å². The second-order valence-corrected chi connectivity index (χ2v) is 4.84. The van der Waals surface area contributed by atoms with Gasteiger partial charge in [-0.25, -0.2) is 0 Å². The maximum Gasteiger partial charge on any atom is 0.0821 e. The van der Waals surface area contributed by atoms with Crippen LogP contribution in [0.25, 0.3) is 0 Å². The largest absolute Gasteiger partial charge is 0.388 e. The monoisotopic (exact) mass is 219 g/mol. The van der Waals surface area contributed by atoms with E-state index in [1.165, 1.54) is 32.1 Å². The number of pyridine rings is 1. The van der Waals surface area contributed by atoms with Crippen LogP contribution in [0.1, 0.15) is 50.7 Å². The Morgan fingerprint density at radius 1 is 1.31 bits per heavy atom. The van der Waals surface area contributed by atoms with Gasteiger partial charge >= 0.3 is 0 Å². The number of rotatable bonds is 3. The van der Waals surface area contributed by atoms with Crippen LogP contribution in [0.15, 0.2) is 24.5 Å². The van der Waals surface area contributed by atoms with Crippen LogP contribution in [-0.2, 0) is 0 Å². The van der Waals surface area contributed by atoms with Crippen molar-refractivity contribution in [2.45, 2.75) is 45.1 Å². The SMILES string of the molecule is CCC1CCCCC1C(O)c1ccncc1. The molecule has 0 spiro atoms. The van der Waals surface area contributed by atoms with Crippen LogP contribution in [0.5, 0.6) is 0 Å². The quantitative estimate of drug-likeness (QED) is 0.845. The van der Waals surface area contributed by atoms with Gasteiger partial charge in [-0.1, -0.05) is 32.6 Å². The zero-order chi connectivity index (χ0) is 11.4. The number of aromatic nitrogens is 1. The van der Waals surface area contributed by atoms with Gasteiger partial charge in [-0.3, -0.25) is 4.98 Å². The predicted molar refractivity (Wildman–Crippen MR) is 64.9 cm³/mol. The van der Waals surface area contributed by atoms with E-state index in [4.69, 9.17) is 0 Å². The molecular weight excluding hydrogens is 198 g/mol. The molecule has 2 heteroatoms. The Balaban J connectivity index is 2.10. The van der Waals surface area contributed by atoms with Gasteiger partial charge in [0, 0.05) is 12.4 Å². The molecule has 1 aromatic rings. The third-order valence-electron chi connectivity index (χ3n) is 3.95. The summed E-state index contributed by atoms with van der Waals surface area (Å²) in [5.41, 5.74) is 1.03. The van der Waals surface area contributed by atoms with E-state index in [1.807, 2.05) is 12.1 Å². The topological polar surface area (TPSA) is 33.1 Å². The van der Waals surface area contributed by atoms with E-state index in [2.05, 4.69) is 11.9 Å². The summed E-state index contributed by atoms with van der Waals surface area (Å²) in [5.74, 6) is 1.14. The Labute approximate surface area is 97.7 Å². The summed E-state index contributed by atoms with van der Waals surface area (Å²) in [4.78, 5) is 4.00. The van der Waals surface area contributed by atoms with Crippen molar-refractivity contribution in [3.63, 3.8) is 0 Å². The summed E-state index contributed by atoms with van der Waals surface area (Å²) in [7, 11) is 0. The number of nitrogens with zero attached hydrogens (tertiary/aromatic N) is 1. The molecule has 0 amide bonds. The second kappa shape index (κ2) is 5.44. The summed E-state index contributed by atoms with van der Waals surface area (Å²) in [5, 5.41) is 10.4. The molecule has 1 saturated carbocycles. The minimum Gasteiger partial charge on any atom is -0.388 e. The molecule has 1 aliphatic carbocycles. The van der Waals surface area contributed by atoms with Crippen molar-refractivity contribution in [3.05, 3.63) is 30.1 Å². The normalized spacial score (nSPS) is 27.6. The lowest BCUT2D eigenvalue weighted by atomic mass is 9.73. The fourth-order valence-electron chi connectivity index (χ4n) is 2.97. The third kappa shape index (κ3) is 2.43. The molecule has 1 aliphatic rings. The van der Waals surface area contributed by atoms with Gasteiger partial charge in [0.05, 0.1) is 6.10 Å². The fraction of sp³-hybridized carbons (Fsp3) is 0.643. The molecule has 88 valence electrons. The van der Waals surface area contributed by atoms with Gasteiger partial charge in [0.1, 0.15) is 0 Å². The molecule has 3 atom stereocenters. The average molecular weight is 219 g/mol. The van der Waals surface area contributed by atoms with E-state index >= 15 is 0 Å². The first kappa shape index (κ1) is 11.6. The molecule has 2 rings (SSSR count). The van der Waals surface area contributed by atoms with Crippen molar-refractivity contribution in [2.24, 2.45) is 11.8 Å². The van der Waals surface area contributed by atoms with E-state index in [0.717, 1.165) is 5.56 Å². The van der Waals surface area contributed by atoms with E-state index < -0.39 is 0 Å². The summed E-state index contributed by atoms with van der Waals surface area (Å²) in [6.45, 7) is 2.24. The standard InChI is InChI=1S/C14H21NO/c1-2-11-5-3-4-6-13(11)14(16)12-7-9-15-10-8-12/h7-11,13-14,16H,2-6H2,1H3. The maximum atomic E-state index is 10.4. The first-order valence-electron chi connectivity index (χ1n) is 6.41. The van der Waals surface area contributed by atoms with Crippen LogP contribution >= 0.6 is 0 Å². The van der Waals surface area contributed by atoms with Crippen LogP contribution in [0.3, 0.4) is 0 Å². The lowest BCUT2D eigenvalue weighted by Gasteiger charge is -2.34. The van der Waals surface area contributed by atoms with Crippen molar-refractivity contribution in [1.29, 1.82) is 0 Å². The van der Waals surface area contributed by atoms with Gasteiger partial charge in [0.25, 0.3) is 0 Å². The van der Waals surface area contributed by atoms with Gasteiger partial charge < -0.3 is 5.11 Å². The highest BCUT2D eigenvalue weighted by atomic mass is 16.3. The highest BCUT2D eigenvalue weighted by Crippen LogP contribution is 2.39. The van der Waals surface area contributed by atoms with Crippen LogP contribution in [0.4, 0.5) is 0 Å².